The summed E-state index contributed by atoms with van der Waals surface area (Å²) >= 11 is 11.7. The molecular weight excluding hydrogens is 257 g/mol. The number of hydrogen-bond donors (Lipinski definition) is 0. The minimum Gasteiger partial charge on any atom is -0.251 e. The lowest BCUT2D eigenvalue weighted by Gasteiger charge is -2.03. The molecule has 0 fully saturated rings. The highest BCUT2D eigenvalue weighted by atomic mass is 35.5. The summed E-state index contributed by atoms with van der Waals surface area (Å²) in [4.78, 5) is 12.8. The van der Waals surface area contributed by atoms with Crippen LogP contribution < -0.4 is 0 Å². The van der Waals surface area contributed by atoms with E-state index in [1.165, 1.54) is 0 Å². The number of rotatable bonds is 3. The van der Waals surface area contributed by atoms with Crippen LogP contribution in [0.5, 0.6) is 0 Å². The van der Waals surface area contributed by atoms with E-state index in [9.17, 15) is 0 Å². The molecule has 0 atom stereocenters. The largest absolute Gasteiger partial charge is 0.251 e. The van der Waals surface area contributed by atoms with E-state index in [-0.39, 0.29) is 0 Å². The Bertz CT molecular complexity index is 512. The van der Waals surface area contributed by atoms with Gasteiger partial charge in [0.15, 0.2) is 5.82 Å². The lowest BCUT2D eigenvalue weighted by molar-refractivity contribution is 0.874. The van der Waals surface area contributed by atoms with Crippen molar-refractivity contribution >= 4 is 23.2 Å². The van der Waals surface area contributed by atoms with Crippen LogP contribution in [-0.2, 0) is 6.42 Å². The van der Waals surface area contributed by atoms with Gasteiger partial charge >= 0.3 is 0 Å². The third kappa shape index (κ3) is 3.14. The van der Waals surface area contributed by atoms with Crippen molar-refractivity contribution in [3.05, 3.63) is 40.3 Å². The van der Waals surface area contributed by atoms with Gasteiger partial charge in [-0.2, -0.15) is 0 Å². The molecule has 5 heteroatoms. The molecule has 0 radical (unpaired) electrons. The van der Waals surface area contributed by atoms with Gasteiger partial charge in [-0.25, -0.2) is 9.97 Å². The zero-order valence-electron chi connectivity index (χ0n) is 9.32. The molecule has 2 heterocycles. The summed E-state index contributed by atoms with van der Waals surface area (Å²) in [5, 5.41) is 1.03. The highest BCUT2D eigenvalue weighted by Gasteiger charge is 2.06. The van der Waals surface area contributed by atoms with E-state index in [1.54, 1.807) is 24.4 Å². The van der Waals surface area contributed by atoms with Crippen LogP contribution in [0.15, 0.2) is 24.4 Å². The number of halogens is 2. The van der Waals surface area contributed by atoms with Gasteiger partial charge in [0.05, 0.1) is 5.02 Å². The number of aryl methyl sites for hydroxylation is 1. The maximum atomic E-state index is 5.96. The standard InChI is InChI=1S/C12H11Cl2N3/c1-2-3-9-6-11(14)17-12(16-9)10-5-4-8(13)7-15-10/h4-7H,2-3H2,1H3. The van der Waals surface area contributed by atoms with Crippen molar-refractivity contribution in [1.82, 2.24) is 15.0 Å². The Morgan fingerprint density at radius 3 is 2.65 bits per heavy atom. The number of pyridine rings is 1. The summed E-state index contributed by atoms with van der Waals surface area (Å²) in [6.07, 6.45) is 3.46. The second-order valence-corrected chi connectivity index (χ2v) is 4.44. The van der Waals surface area contributed by atoms with E-state index in [4.69, 9.17) is 23.2 Å². The van der Waals surface area contributed by atoms with E-state index in [2.05, 4.69) is 21.9 Å². The summed E-state index contributed by atoms with van der Waals surface area (Å²) in [6.45, 7) is 2.09. The Kier molecular flexibility index (Phi) is 3.92. The van der Waals surface area contributed by atoms with Crippen molar-refractivity contribution in [2.75, 3.05) is 0 Å². The zero-order valence-corrected chi connectivity index (χ0v) is 10.8. The fraction of sp³-hybridized carbons (Fsp3) is 0.250. The van der Waals surface area contributed by atoms with Crippen molar-refractivity contribution in [2.24, 2.45) is 0 Å². The summed E-state index contributed by atoms with van der Waals surface area (Å²) in [5.41, 5.74) is 1.61. The lowest BCUT2D eigenvalue weighted by atomic mass is 10.2. The van der Waals surface area contributed by atoms with Gasteiger partial charge in [0.25, 0.3) is 0 Å². The molecule has 2 aromatic rings. The molecule has 0 amide bonds. The predicted octanol–water partition coefficient (Wildman–Crippen LogP) is 3.80. The fourth-order valence-electron chi connectivity index (χ4n) is 1.47. The van der Waals surface area contributed by atoms with Gasteiger partial charge in [-0.15, -0.1) is 0 Å². The number of nitrogens with zero attached hydrogens (tertiary/aromatic N) is 3. The Morgan fingerprint density at radius 1 is 1.18 bits per heavy atom. The summed E-state index contributed by atoms with van der Waals surface area (Å²) < 4.78 is 0. The first-order valence-electron chi connectivity index (χ1n) is 5.34. The molecule has 0 aliphatic carbocycles. The molecule has 0 aliphatic rings. The van der Waals surface area contributed by atoms with Crippen molar-refractivity contribution < 1.29 is 0 Å². The fourth-order valence-corrected chi connectivity index (χ4v) is 1.79. The SMILES string of the molecule is CCCc1cc(Cl)nc(-c2ccc(Cl)cn2)n1. The first kappa shape index (κ1) is 12.3. The van der Waals surface area contributed by atoms with Crippen LogP contribution in [0.2, 0.25) is 10.2 Å². The van der Waals surface area contributed by atoms with Gasteiger partial charge < -0.3 is 0 Å². The average molecular weight is 268 g/mol. The van der Waals surface area contributed by atoms with Crippen LogP contribution in [-0.4, -0.2) is 15.0 Å². The Hall–Kier alpha value is -1.19. The lowest BCUT2D eigenvalue weighted by Crippen LogP contribution is -1.97. The van der Waals surface area contributed by atoms with Gasteiger partial charge in [-0.3, -0.25) is 4.98 Å². The quantitative estimate of drug-likeness (QED) is 0.795. The van der Waals surface area contributed by atoms with Gasteiger partial charge in [0, 0.05) is 11.9 Å². The van der Waals surface area contributed by atoms with Gasteiger partial charge in [-0.1, -0.05) is 36.5 Å². The van der Waals surface area contributed by atoms with Gasteiger partial charge in [-0.05, 0) is 24.6 Å². The molecule has 0 spiro atoms. The molecule has 2 rings (SSSR count). The Balaban J connectivity index is 2.40. The maximum Gasteiger partial charge on any atom is 0.179 e. The van der Waals surface area contributed by atoms with E-state index in [0.29, 0.717) is 21.7 Å². The molecule has 0 aromatic carbocycles. The molecule has 17 heavy (non-hydrogen) atoms. The van der Waals surface area contributed by atoms with Crippen LogP contribution >= 0.6 is 23.2 Å². The minimum absolute atomic E-state index is 0.440. The molecule has 0 aliphatic heterocycles. The average Bonchev–Trinajstić information content (AvgIpc) is 2.29. The third-order valence-electron chi connectivity index (χ3n) is 2.21. The molecule has 3 nitrogen and oxygen atoms in total. The van der Waals surface area contributed by atoms with E-state index in [1.807, 2.05) is 0 Å². The molecule has 0 saturated carbocycles. The highest BCUT2D eigenvalue weighted by Crippen LogP contribution is 2.18. The Labute approximate surface area is 110 Å². The smallest absolute Gasteiger partial charge is 0.179 e. The van der Waals surface area contributed by atoms with Crippen LogP contribution in [0.1, 0.15) is 19.0 Å². The van der Waals surface area contributed by atoms with Crippen molar-refractivity contribution in [3.63, 3.8) is 0 Å². The van der Waals surface area contributed by atoms with Gasteiger partial charge in [0.2, 0.25) is 0 Å². The van der Waals surface area contributed by atoms with E-state index in [0.717, 1.165) is 18.5 Å². The number of aromatic nitrogens is 3. The van der Waals surface area contributed by atoms with Gasteiger partial charge in [0.1, 0.15) is 10.8 Å². The molecule has 0 bridgehead atoms. The molecule has 2 aromatic heterocycles. The highest BCUT2D eigenvalue weighted by molar-refractivity contribution is 6.30. The zero-order chi connectivity index (χ0) is 12.3. The summed E-state index contributed by atoms with van der Waals surface area (Å²) in [7, 11) is 0. The molecular formula is C12H11Cl2N3. The van der Waals surface area contributed by atoms with Crippen LogP contribution in [0, 0.1) is 0 Å². The van der Waals surface area contributed by atoms with E-state index >= 15 is 0 Å². The number of hydrogen-bond acceptors (Lipinski definition) is 3. The molecule has 0 unspecified atom stereocenters. The van der Waals surface area contributed by atoms with Crippen molar-refractivity contribution in [3.8, 4) is 11.5 Å². The van der Waals surface area contributed by atoms with Crippen LogP contribution in [0.3, 0.4) is 0 Å². The van der Waals surface area contributed by atoms with Crippen LogP contribution in [0.25, 0.3) is 11.5 Å². The normalized spacial score (nSPS) is 10.5. The van der Waals surface area contributed by atoms with Crippen LogP contribution in [0.4, 0.5) is 0 Å². The summed E-state index contributed by atoms with van der Waals surface area (Å²) in [5.74, 6) is 0.539. The minimum atomic E-state index is 0.440. The monoisotopic (exact) mass is 267 g/mol. The molecule has 0 saturated heterocycles. The predicted molar refractivity (Wildman–Crippen MR) is 69.3 cm³/mol. The second-order valence-electron chi connectivity index (χ2n) is 3.62. The third-order valence-corrected chi connectivity index (χ3v) is 2.63. The first-order chi connectivity index (χ1) is 8.19. The van der Waals surface area contributed by atoms with E-state index < -0.39 is 0 Å². The molecule has 88 valence electrons. The first-order valence-corrected chi connectivity index (χ1v) is 6.10. The summed E-state index contributed by atoms with van der Waals surface area (Å²) in [6, 6.07) is 5.32. The second kappa shape index (κ2) is 5.43. The topological polar surface area (TPSA) is 38.7 Å². The Morgan fingerprint density at radius 2 is 2.00 bits per heavy atom. The van der Waals surface area contributed by atoms with Crippen molar-refractivity contribution in [1.29, 1.82) is 0 Å². The molecule has 0 N–H and O–H groups in total. The van der Waals surface area contributed by atoms with Crippen molar-refractivity contribution in [2.45, 2.75) is 19.8 Å². The maximum absolute atomic E-state index is 5.96.